The van der Waals surface area contributed by atoms with E-state index in [2.05, 4.69) is 28.2 Å². The maximum atomic E-state index is 12.3. The molecule has 0 saturated carbocycles. The van der Waals surface area contributed by atoms with Crippen LogP contribution >= 0.6 is 15.9 Å². The van der Waals surface area contributed by atoms with Gasteiger partial charge in [-0.3, -0.25) is 9.59 Å². The minimum absolute atomic E-state index is 0.0669. The van der Waals surface area contributed by atoms with E-state index < -0.39 is 0 Å². The van der Waals surface area contributed by atoms with E-state index in [4.69, 9.17) is 9.47 Å². The van der Waals surface area contributed by atoms with E-state index in [-0.39, 0.29) is 24.5 Å². The van der Waals surface area contributed by atoms with Gasteiger partial charge in [-0.25, -0.2) is 0 Å². The monoisotopic (exact) mass is 433 g/mol. The fourth-order valence-corrected chi connectivity index (χ4v) is 2.67. The summed E-state index contributed by atoms with van der Waals surface area (Å²) in [7, 11) is 1.56. The van der Waals surface area contributed by atoms with E-state index in [1.165, 1.54) is 0 Å². The number of nitrogens with one attached hydrogen (secondary N) is 1. The number of carbonyl (C=O) groups is 2. The van der Waals surface area contributed by atoms with Crippen LogP contribution in [0.3, 0.4) is 0 Å². The first-order chi connectivity index (χ1) is 13.0. The van der Waals surface area contributed by atoms with Crippen molar-refractivity contribution in [3.05, 3.63) is 52.5 Å². The first-order valence-corrected chi connectivity index (χ1v) is 9.72. The maximum absolute atomic E-state index is 12.3. The zero-order valence-electron chi connectivity index (χ0n) is 15.6. The third kappa shape index (κ3) is 6.71. The lowest BCUT2D eigenvalue weighted by atomic mass is 10.1. The second-order valence-corrected chi connectivity index (χ2v) is 6.96. The fraction of sp³-hybridized carbons (Fsp3) is 0.333. The van der Waals surface area contributed by atoms with Gasteiger partial charge in [-0.2, -0.15) is 0 Å². The number of ketones is 1. The summed E-state index contributed by atoms with van der Waals surface area (Å²) >= 11 is 3.34. The molecule has 0 atom stereocenters. The van der Waals surface area contributed by atoms with Gasteiger partial charge in [0.1, 0.15) is 11.5 Å². The van der Waals surface area contributed by atoms with E-state index in [0.717, 1.165) is 17.3 Å². The number of amides is 1. The quantitative estimate of drug-likeness (QED) is 0.411. The third-order valence-electron chi connectivity index (χ3n) is 3.96. The molecule has 0 aliphatic carbocycles. The van der Waals surface area contributed by atoms with Gasteiger partial charge >= 0.3 is 0 Å². The highest BCUT2D eigenvalue weighted by atomic mass is 79.9. The molecule has 0 radical (unpaired) electrons. The molecule has 0 aliphatic heterocycles. The standard InChI is InChI=1S/C21H24BrNO4/c1-3-4-13-27-20-11-9-17(26-2)14-18(20)23-21(25)12-10-19(24)15-5-7-16(22)8-6-15/h5-9,11,14H,3-4,10,12-13H2,1-2H3,(H,23,25). The number of anilines is 1. The molecule has 2 rings (SSSR count). The molecular formula is C21H24BrNO4. The number of rotatable bonds is 10. The second-order valence-electron chi connectivity index (χ2n) is 6.04. The van der Waals surface area contributed by atoms with Crippen LogP contribution in [0.4, 0.5) is 5.69 Å². The third-order valence-corrected chi connectivity index (χ3v) is 4.49. The Morgan fingerprint density at radius 1 is 1.07 bits per heavy atom. The average molecular weight is 434 g/mol. The van der Waals surface area contributed by atoms with Crippen molar-refractivity contribution in [1.82, 2.24) is 0 Å². The van der Waals surface area contributed by atoms with Gasteiger partial charge in [0.2, 0.25) is 5.91 Å². The number of methoxy groups -OCH3 is 1. The molecule has 6 heteroatoms. The highest BCUT2D eigenvalue weighted by molar-refractivity contribution is 9.10. The maximum Gasteiger partial charge on any atom is 0.224 e. The Morgan fingerprint density at radius 2 is 1.81 bits per heavy atom. The van der Waals surface area contributed by atoms with Crippen molar-refractivity contribution >= 4 is 33.3 Å². The van der Waals surface area contributed by atoms with Crippen LogP contribution in [0.2, 0.25) is 0 Å². The summed E-state index contributed by atoms with van der Waals surface area (Å²) in [4.78, 5) is 24.5. The molecule has 2 aromatic rings. The van der Waals surface area contributed by atoms with Crippen LogP contribution in [0.5, 0.6) is 11.5 Å². The van der Waals surface area contributed by atoms with Gasteiger partial charge in [0.15, 0.2) is 5.78 Å². The smallest absolute Gasteiger partial charge is 0.224 e. The number of benzene rings is 2. The van der Waals surface area contributed by atoms with Crippen molar-refractivity contribution in [1.29, 1.82) is 0 Å². The van der Waals surface area contributed by atoms with Crippen LogP contribution in [0.25, 0.3) is 0 Å². The van der Waals surface area contributed by atoms with Crippen molar-refractivity contribution in [3.8, 4) is 11.5 Å². The van der Waals surface area contributed by atoms with E-state index >= 15 is 0 Å². The number of halogens is 1. The van der Waals surface area contributed by atoms with Gasteiger partial charge in [-0.05, 0) is 30.7 Å². The summed E-state index contributed by atoms with van der Waals surface area (Å²) in [6.07, 6.45) is 2.20. The van der Waals surface area contributed by atoms with Crippen LogP contribution in [0.1, 0.15) is 43.0 Å². The minimum Gasteiger partial charge on any atom is -0.497 e. The van der Waals surface area contributed by atoms with Gasteiger partial charge < -0.3 is 14.8 Å². The van der Waals surface area contributed by atoms with E-state index in [1.54, 1.807) is 37.4 Å². The van der Waals surface area contributed by atoms with Gasteiger partial charge in [0.05, 0.1) is 19.4 Å². The molecule has 27 heavy (non-hydrogen) atoms. The molecule has 2 aromatic carbocycles. The van der Waals surface area contributed by atoms with Gasteiger partial charge in [-0.1, -0.05) is 41.4 Å². The molecule has 0 heterocycles. The summed E-state index contributed by atoms with van der Waals surface area (Å²) < 4.78 is 11.9. The molecule has 0 aromatic heterocycles. The molecule has 0 aliphatic rings. The van der Waals surface area contributed by atoms with Crippen molar-refractivity contribution in [2.45, 2.75) is 32.6 Å². The Hall–Kier alpha value is -2.34. The predicted molar refractivity (Wildman–Crippen MR) is 110 cm³/mol. The Labute approximate surface area is 168 Å². The highest BCUT2D eigenvalue weighted by Crippen LogP contribution is 2.29. The zero-order chi connectivity index (χ0) is 19.6. The average Bonchev–Trinajstić information content (AvgIpc) is 2.68. The van der Waals surface area contributed by atoms with Crippen LogP contribution in [-0.2, 0) is 4.79 Å². The summed E-state index contributed by atoms with van der Waals surface area (Å²) in [5.41, 5.74) is 1.14. The first-order valence-electron chi connectivity index (χ1n) is 8.93. The minimum atomic E-state index is -0.242. The molecule has 0 fully saturated rings. The van der Waals surface area contributed by atoms with Crippen LogP contribution in [0.15, 0.2) is 46.9 Å². The van der Waals surface area contributed by atoms with Crippen LogP contribution < -0.4 is 14.8 Å². The molecule has 0 spiro atoms. The number of ether oxygens (including phenoxy) is 2. The van der Waals surface area contributed by atoms with Gasteiger partial charge in [-0.15, -0.1) is 0 Å². The number of unbranched alkanes of at least 4 members (excludes halogenated alkanes) is 1. The topological polar surface area (TPSA) is 64.6 Å². The normalized spacial score (nSPS) is 10.3. The fourth-order valence-electron chi connectivity index (χ4n) is 2.41. The first kappa shape index (κ1) is 21.0. The number of hydrogen-bond donors (Lipinski definition) is 1. The van der Waals surface area contributed by atoms with Gasteiger partial charge in [0.25, 0.3) is 0 Å². The predicted octanol–water partition coefficient (Wildman–Crippen LogP) is 5.24. The second kappa shape index (κ2) is 10.7. The van der Waals surface area contributed by atoms with E-state index in [9.17, 15) is 9.59 Å². The molecule has 5 nitrogen and oxygen atoms in total. The SMILES string of the molecule is CCCCOc1ccc(OC)cc1NC(=O)CCC(=O)c1ccc(Br)cc1. The van der Waals surface area contributed by atoms with Crippen molar-refractivity contribution in [3.63, 3.8) is 0 Å². The van der Waals surface area contributed by atoms with E-state index in [0.29, 0.717) is 29.4 Å². The Kier molecular flexibility index (Phi) is 8.33. The molecule has 1 amide bonds. The molecule has 1 N–H and O–H groups in total. The summed E-state index contributed by atoms with van der Waals surface area (Å²) in [6.45, 7) is 2.66. The summed E-state index contributed by atoms with van der Waals surface area (Å²) in [6, 6.07) is 12.4. The molecule has 0 bridgehead atoms. The Morgan fingerprint density at radius 3 is 2.48 bits per heavy atom. The molecule has 144 valence electrons. The van der Waals surface area contributed by atoms with Crippen molar-refractivity contribution in [2.75, 3.05) is 19.0 Å². The Balaban J connectivity index is 1.97. The lowest BCUT2D eigenvalue weighted by Gasteiger charge is -2.13. The van der Waals surface area contributed by atoms with Crippen LogP contribution in [-0.4, -0.2) is 25.4 Å². The summed E-state index contributed by atoms with van der Waals surface area (Å²) in [5.74, 6) is 0.910. The molecule has 0 saturated heterocycles. The highest BCUT2D eigenvalue weighted by Gasteiger charge is 2.13. The number of hydrogen-bond acceptors (Lipinski definition) is 4. The van der Waals surface area contributed by atoms with Crippen molar-refractivity contribution in [2.24, 2.45) is 0 Å². The lowest BCUT2D eigenvalue weighted by molar-refractivity contribution is -0.116. The zero-order valence-corrected chi connectivity index (χ0v) is 17.2. The largest absolute Gasteiger partial charge is 0.497 e. The number of carbonyl (C=O) groups excluding carboxylic acids is 2. The van der Waals surface area contributed by atoms with Gasteiger partial charge in [0, 0.05) is 28.9 Å². The molecule has 0 unspecified atom stereocenters. The Bertz CT molecular complexity index is 774. The number of Topliss-reactive ketones (excluding diaryl/α,β-unsaturated/α-hetero) is 1. The summed E-state index contributed by atoms with van der Waals surface area (Å²) in [5, 5.41) is 2.82. The lowest BCUT2D eigenvalue weighted by Crippen LogP contribution is -2.14. The van der Waals surface area contributed by atoms with Crippen molar-refractivity contribution < 1.29 is 19.1 Å². The van der Waals surface area contributed by atoms with Crippen LogP contribution in [0, 0.1) is 0 Å². The van der Waals surface area contributed by atoms with E-state index in [1.807, 2.05) is 12.1 Å². The molecular weight excluding hydrogens is 410 g/mol.